The van der Waals surface area contributed by atoms with E-state index in [0.717, 1.165) is 25.0 Å². The van der Waals surface area contributed by atoms with Crippen LogP contribution in [0.25, 0.3) is 0 Å². The Hall–Kier alpha value is 0.220. The lowest BCUT2D eigenvalue weighted by molar-refractivity contribution is 0.592. The molecule has 184 valence electrons. The molecule has 0 aromatic carbocycles. The van der Waals surface area contributed by atoms with Crippen LogP contribution >= 0.6 is 21.4 Å². The fraction of sp³-hybridized carbons (Fsp3) is 1.00. The van der Waals surface area contributed by atoms with Gasteiger partial charge in [-0.05, 0) is 28.2 Å². The molecule has 0 atom stereocenters. The Labute approximate surface area is 181 Å². The van der Waals surface area contributed by atoms with Gasteiger partial charge in [0.25, 0.3) is 0 Å². The van der Waals surface area contributed by atoms with E-state index < -0.39 is 38.1 Å². The summed E-state index contributed by atoms with van der Waals surface area (Å²) in [7, 11) is 2.53. The molecule has 0 aliphatic carbocycles. The molecular weight excluding hydrogens is 503 g/mol. The summed E-state index contributed by atoms with van der Waals surface area (Å²) in [5.41, 5.74) is 9.00. The summed E-state index contributed by atoms with van der Waals surface area (Å²) >= 11 is 0. The average molecular weight is 542 g/mol. The number of halogens is 2. The van der Waals surface area contributed by atoms with Crippen LogP contribution in [-0.2, 0) is 38.1 Å². The molecule has 18 heteroatoms. The van der Waals surface area contributed by atoms with E-state index in [9.17, 15) is 33.7 Å². The average Bonchev–Trinajstić information content (AvgIpc) is 2.39. The van der Waals surface area contributed by atoms with Crippen LogP contribution in [0.5, 0.6) is 0 Å². The maximum Gasteiger partial charge on any atom is 0.229 e. The molecule has 12 nitrogen and oxygen atoms in total. The van der Waals surface area contributed by atoms with Gasteiger partial charge in [-0.15, -0.1) is 0 Å². The monoisotopic (exact) mass is 540 g/mol. The van der Waals surface area contributed by atoms with Crippen molar-refractivity contribution in [3.05, 3.63) is 0 Å². The molecule has 0 saturated carbocycles. The van der Waals surface area contributed by atoms with E-state index in [1.54, 1.807) is 0 Å². The molecule has 0 aromatic rings. The van der Waals surface area contributed by atoms with Crippen molar-refractivity contribution in [2.45, 2.75) is 14.9 Å². The minimum Gasteiger partial charge on any atom is -0.333 e. The van der Waals surface area contributed by atoms with Crippen molar-refractivity contribution >= 4 is 59.5 Å². The van der Waals surface area contributed by atoms with Crippen LogP contribution in [0.1, 0.15) is 14.9 Å². The summed E-state index contributed by atoms with van der Waals surface area (Å²) in [4.78, 5) is 0. The first kappa shape index (κ1) is 51.1. The molecule has 0 unspecified atom stereocenters. The zero-order chi connectivity index (χ0) is 23.4. The van der Waals surface area contributed by atoms with Gasteiger partial charge in [-0.3, -0.25) is 0 Å². The number of hydrogen-bond acceptors (Lipinski definition) is 10. The van der Waals surface area contributed by atoms with Crippen molar-refractivity contribution < 1.29 is 33.7 Å². The summed E-state index contributed by atoms with van der Waals surface area (Å²) in [6.45, 7) is 0. The molecule has 0 rings (SSSR count). The summed E-state index contributed by atoms with van der Waals surface area (Å²) in [6.07, 6.45) is 4.06. The molecule has 0 radical (unpaired) electrons. The van der Waals surface area contributed by atoms with E-state index >= 15 is 0 Å². The first-order valence-corrected chi connectivity index (χ1v) is 15.1. The molecular formula is C10H38Cl2N4O8S4. The molecule has 0 spiro atoms. The van der Waals surface area contributed by atoms with Crippen molar-refractivity contribution in [3.8, 4) is 0 Å². The van der Waals surface area contributed by atoms with Crippen LogP contribution in [0.4, 0.5) is 0 Å². The second-order valence-corrected chi connectivity index (χ2v) is 13.3. The highest BCUT2D eigenvalue weighted by atomic mass is 35.7. The lowest BCUT2D eigenvalue weighted by atomic mass is 11.6. The van der Waals surface area contributed by atoms with Crippen LogP contribution < -0.4 is 20.9 Å². The number of rotatable bonds is 2. The van der Waals surface area contributed by atoms with Gasteiger partial charge in [0, 0.05) is 21.4 Å². The van der Waals surface area contributed by atoms with Gasteiger partial charge in [-0.25, -0.2) is 43.1 Å². The molecule has 28 heavy (non-hydrogen) atoms. The van der Waals surface area contributed by atoms with E-state index in [4.69, 9.17) is 0 Å². The van der Waals surface area contributed by atoms with Crippen molar-refractivity contribution in [2.24, 2.45) is 11.5 Å². The number of hydrogen-bond donors (Lipinski definition) is 4. The lowest BCUT2D eigenvalue weighted by Gasteiger charge is -1.85. The highest BCUT2D eigenvalue weighted by Crippen LogP contribution is 1.84. The van der Waals surface area contributed by atoms with Crippen molar-refractivity contribution in [1.82, 2.24) is 9.44 Å². The Morgan fingerprint density at radius 1 is 0.536 bits per heavy atom. The summed E-state index contributed by atoms with van der Waals surface area (Å²) in [6, 6.07) is 0. The fourth-order valence-electron chi connectivity index (χ4n) is 0. The van der Waals surface area contributed by atoms with Crippen LogP contribution in [0.3, 0.4) is 0 Å². The topological polar surface area (TPSA) is 213 Å². The van der Waals surface area contributed by atoms with Gasteiger partial charge in [0.05, 0.1) is 25.0 Å². The Bertz CT molecular complexity index is 616. The maximum atomic E-state index is 9.89. The van der Waals surface area contributed by atoms with Crippen LogP contribution in [0, 0.1) is 0 Å². The number of sulfonamides is 2. The molecule has 6 N–H and O–H groups in total. The normalized spacial score (nSPS) is 9.57. The largest absolute Gasteiger partial charge is 0.333 e. The molecule has 0 saturated heterocycles. The summed E-state index contributed by atoms with van der Waals surface area (Å²) < 4.78 is 81.3. The van der Waals surface area contributed by atoms with Crippen LogP contribution in [0.2, 0.25) is 0 Å². The highest BCUT2D eigenvalue weighted by Gasteiger charge is 1.88. The minimum absolute atomic E-state index is 0. The van der Waals surface area contributed by atoms with Crippen LogP contribution in [-0.4, -0.2) is 86.9 Å². The van der Waals surface area contributed by atoms with E-state index in [1.165, 1.54) is 28.2 Å². The second-order valence-electron chi connectivity index (χ2n) is 3.32. The Kier molecular flexibility index (Phi) is 49.7. The van der Waals surface area contributed by atoms with Crippen molar-refractivity contribution in [1.29, 1.82) is 0 Å². The van der Waals surface area contributed by atoms with Gasteiger partial charge >= 0.3 is 0 Å². The predicted molar refractivity (Wildman–Crippen MR) is 123 cm³/mol. The molecule has 0 aromatic heterocycles. The number of nitrogens with one attached hydrogen (secondary N) is 2. The molecule has 0 amide bonds. The van der Waals surface area contributed by atoms with Gasteiger partial charge in [-0.1, -0.05) is 14.9 Å². The van der Waals surface area contributed by atoms with Crippen molar-refractivity contribution in [3.63, 3.8) is 0 Å². The zero-order valence-electron chi connectivity index (χ0n) is 15.8. The summed E-state index contributed by atoms with van der Waals surface area (Å²) in [5.74, 6) is 0. The van der Waals surface area contributed by atoms with E-state index in [0.29, 0.717) is 0 Å². The van der Waals surface area contributed by atoms with E-state index in [-0.39, 0.29) is 14.9 Å². The first-order chi connectivity index (χ1) is 11.1. The predicted octanol–water partition coefficient (Wildman–Crippen LogP) is -0.878. The molecule has 0 aliphatic heterocycles. The van der Waals surface area contributed by atoms with Gasteiger partial charge in [0.2, 0.25) is 38.1 Å². The van der Waals surface area contributed by atoms with E-state index in [1.807, 2.05) is 0 Å². The third-order valence-electron chi connectivity index (χ3n) is 0.742. The third kappa shape index (κ3) is 431. The number of nitrogens with two attached hydrogens (primary N) is 2. The minimum atomic E-state index is -3.19. The highest BCUT2D eigenvalue weighted by molar-refractivity contribution is 8.13. The molecule has 0 bridgehead atoms. The van der Waals surface area contributed by atoms with E-state index in [2.05, 4.69) is 42.3 Å². The SMILES string of the molecule is C.C.CN.CN.CNS(C)(=O)=O.CNS(C)(=O)=O.CS(=O)(=O)Cl.CS(=O)(=O)Cl. The zero-order valence-corrected chi connectivity index (χ0v) is 20.6. The lowest BCUT2D eigenvalue weighted by Crippen LogP contribution is -2.15. The third-order valence-corrected chi connectivity index (χ3v) is 2.22. The van der Waals surface area contributed by atoms with Gasteiger partial charge < -0.3 is 11.5 Å². The van der Waals surface area contributed by atoms with Crippen molar-refractivity contribution in [2.75, 3.05) is 53.2 Å². The van der Waals surface area contributed by atoms with Gasteiger partial charge in [0.15, 0.2) is 0 Å². The first-order valence-electron chi connectivity index (χ1n) is 5.84. The quantitative estimate of drug-likeness (QED) is 0.317. The molecule has 0 fully saturated rings. The van der Waals surface area contributed by atoms with Gasteiger partial charge in [0.1, 0.15) is 0 Å². The molecule has 0 heterocycles. The Morgan fingerprint density at radius 3 is 0.571 bits per heavy atom. The standard InChI is InChI=1S/2C2H7NO2S.2CH3ClO2S.2CH5N.2CH4/c2*1-3-6(2,4)5;2*1-5(2,3)4;2*1-2;;/h2*3H,1-2H3;2*1H3;2*2H2,1H3;2*1H4. The summed E-state index contributed by atoms with van der Waals surface area (Å²) in [5, 5.41) is 0. The fourth-order valence-corrected chi connectivity index (χ4v) is 0. The van der Waals surface area contributed by atoms with Crippen LogP contribution in [0.15, 0.2) is 0 Å². The second kappa shape index (κ2) is 27.2. The smallest absolute Gasteiger partial charge is 0.229 e. The molecule has 0 aliphatic rings. The Morgan fingerprint density at radius 2 is 0.571 bits per heavy atom. The maximum absolute atomic E-state index is 9.89. The Balaban J connectivity index is -0.0000000293. The van der Waals surface area contributed by atoms with Gasteiger partial charge in [-0.2, -0.15) is 0 Å².